The normalized spacial score (nSPS) is 15.3. The smallest absolute Gasteiger partial charge is 0.237 e. The van der Waals surface area contributed by atoms with Crippen molar-refractivity contribution in [2.24, 2.45) is 5.73 Å². The van der Waals surface area contributed by atoms with E-state index in [0.717, 1.165) is 12.1 Å². The van der Waals surface area contributed by atoms with E-state index >= 15 is 0 Å². The lowest BCUT2D eigenvalue weighted by molar-refractivity contribution is -0.116. The third-order valence-electron chi connectivity index (χ3n) is 2.54. The van der Waals surface area contributed by atoms with Gasteiger partial charge < -0.3 is 10.6 Å². The van der Waals surface area contributed by atoms with E-state index in [1.54, 1.807) is 16.7 Å². The van der Waals surface area contributed by atoms with Crippen molar-refractivity contribution in [1.82, 2.24) is 0 Å². The molecule has 15 heavy (non-hydrogen) atoms. The number of benzene rings is 1. The first-order valence-corrected chi connectivity index (χ1v) is 5.93. The first kappa shape index (κ1) is 10.5. The number of amides is 1. The van der Waals surface area contributed by atoms with Gasteiger partial charge in [0.1, 0.15) is 0 Å². The molecule has 0 unspecified atom stereocenters. The molecule has 0 aliphatic carbocycles. The molecule has 0 atom stereocenters. The Morgan fingerprint density at radius 2 is 2.33 bits per heavy atom. The van der Waals surface area contributed by atoms with Crippen LogP contribution in [0.25, 0.3) is 0 Å². The number of anilines is 1. The molecule has 2 rings (SSSR count). The maximum Gasteiger partial charge on any atom is 0.237 e. The molecule has 0 aromatic heterocycles. The van der Waals surface area contributed by atoms with E-state index in [9.17, 15) is 4.79 Å². The SMILES string of the molecule is CN1C(=O)CSc2cc(CCN)ccc21. The van der Waals surface area contributed by atoms with Gasteiger partial charge in [0.15, 0.2) is 0 Å². The average molecular weight is 222 g/mol. The van der Waals surface area contributed by atoms with Crippen LogP contribution in [0, 0.1) is 0 Å². The number of carbonyl (C=O) groups is 1. The Hall–Kier alpha value is -1.00. The summed E-state index contributed by atoms with van der Waals surface area (Å²) in [5, 5.41) is 0. The summed E-state index contributed by atoms with van der Waals surface area (Å²) in [7, 11) is 1.82. The van der Waals surface area contributed by atoms with Crippen molar-refractivity contribution in [3.05, 3.63) is 23.8 Å². The second-order valence-electron chi connectivity index (χ2n) is 3.58. The van der Waals surface area contributed by atoms with E-state index in [0.29, 0.717) is 12.3 Å². The highest BCUT2D eigenvalue weighted by Crippen LogP contribution is 2.35. The van der Waals surface area contributed by atoms with Crippen molar-refractivity contribution >= 4 is 23.4 Å². The van der Waals surface area contributed by atoms with Crippen LogP contribution in [0.1, 0.15) is 5.56 Å². The van der Waals surface area contributed by atoms with E-state index < -0.39 is 0 Å². The summed E-state index contributed by atoms with van der Waals surface area (Å²) in [5.74, 6) is 0.703. The first-order valence-electron chi connectivity index (χ1n) is 4.94. The molecule has 1 aliphatic heterocycles. The molecule has 1 aromatic carbocycles. The van der Waals surface area contributed by atoms with Gasteiger partial charge in [-0.25, -0.2) is 0 Å². The molecule has 1 aromatic rings. The predicted molar refractivity (Wildman–Crippen MR) is 63.3 cm³/mol. The minimum absolute atomic E-state index is 0.166. The van der Waals surface area contributed by atoms with Gasteiger partial charge in [-0.05, 0) is 30.7 Å². The van der Waals surface area contributed by atoms with E-state index in [-0.39, 0.29) is 5.91 Å². The van der Waals surface area contributed by atoms with E-state index in [1.165, 1.54) is 10.5 Å². The van der Waals surface area contributed by atoms with Crippen LogP contribution in [0.2, 0.25) is 0 Å². The molecule has 4 heteroatoms. The molecule has 1 amide bonds. The van der Waals surface area contributed by atoms with E-state index in [4.69, 9.17) is 5.73 Å². The maximum atomic E-state index is 11.5. The van der Waals surface area contributed by atoms with Crippen molar-refractivity contribution < 1.29 is 4.79 Å². The summed E-state index contributed by atoms with van der Waals surface area (Å²) >= 11 is 1.61. The van der Waals surface area contributed by atoms with Crippen molar-refractivity contribution in [3.8, 4) is 0 Å². The summed E-state index contributed by atoms with van der Waals surface area (Å²) < 4.78 is 0. The lowest BCUT2D eigenvalue weighted by Crippen LogP contribution is -2.31. The zero-order valence-electron chi connectivity index (χ0n) is 8.69. The summed E-state index contributed by atoms with van der Waals surface area (Å²) in [6.07, 6.45) is 0.894. The molecule has 0 saturated carbocycles. The molecular formula is C11H14N2OS. The molecule has 1 aliphatic rings. The molecule has 0 fully saturated rings. The number of nitrogens with two attached hydrogens (primary N) is 1. The van der Waals surface area contributed by atoms with Gasteiger partial charge in [-0.3, -0.25) is 4.79 Å². The summed E-state index contributed by atoms with van der Waals surface area (Å²) in [5.41, 5.74) is 7.77. The molecule has 80 valence electrons. The highest BCUT2D eigenvalue weighted by molar-refractivity contribution is 8.00. The highest BCUT2D eigenvalue weighted by Gasteiger charge is 2.21. The zero-order chi connectivity index (χ0) is 10.8. The molecule has 0 bridgehead atoms. The van der Waals surface area contributed by atoms with Crippen LogP contribution in [-0.4, -0.2) is 25.3 Å². The summed E-state index contributed by atoms with van der Waals surface area (Å²) in [6.45, 7) is 0.665. The lowest BCUT2D eigenvalue weighted by atomic mass is 10.1. The summed E-state index contributed by atoms with van der Waals surface area (Å²) in [6, 6.07) is 6.18. The Kier molecular flexibility index (Phi) is 2.98. The Labute approximate surface area is 93.6 Å². The van der Waals surface area contributed by atoms with Crippen LogP contribution in [0.4, 0.5) is 5.69 Å². The second-order valence-corrected chi connectivity index (χ2v) is 4.60. The van der Waals surface area contributed by atoms with Gasteiger partial charge in [-0.2, -0.15) is 0 Å². The molecule has 0 spiro atoms. The number of carbonyl (C=O) groups excluding carboxylic acids is 1. The Morgan fingerprint density at radius 1 is 1.53 bits per heavy atom. The fourth-order valence-electron chi connectivity index (χ4n) is 1.64. The van der Waals surface area contributed by atoms with Gasteiger partial charge in [-0.15, -0.1) is 11.8 Å². The number of hydrogen-bond acceptors (Lipinski definition) is 3. The van der Waals surface area contributed by atoms with Gasteiger partial charge in [0.25, 0.3) is 0 Å². The van der Waals surface area contributed by atoms with E-state index in [1.807, 2.05) is 19.2 Å². The zero-order valence-corrected chi connectivity index (χ0v) is 9.51. The number of thioether (sulfide) groups is 1. The fraction of sp³-hybridized carbons (Fsp3) is 0.364. The number of nitrogens with zero attached hydrogens (tertiary/aromatic N) is 1. The molecule has 1 heterocycles. The van der Waals surface area contributed by atoms with Crippen molar-refractivity contribution in [2.75, 3.05) is 24.2 Å². The molecule has 0 radical (unpaired) electrons. The van der Waals surface area contributed by atoms with Crippen molar-refractivity contribution in [3.63, 3.8) is 0 Å². The largest absolute Gasteiger partial charge is 0.330 e. The Bertz CT molecular complexity index is 392. The Balaban J connectivity index is 2.34. The quantitative estimate of drug-likeness (QED) is 0.819. The monoisotopic (exact) mass is 222 g/mol. The van der Waals surface area contributed by atoms with Gasteiger partial charge in [-0.1, -0.05) is 6.07 Å². The molecule has 0 saturated heterocycles. The lowest BCUT2D eigenvalue weighted by Gasteiger charge is -2.25. The average Bonchev–Trinajstić information content (AvgIpc) is 2.24. The first-order chi connectivity index (χ1) is 7.22. The van der Waals surface area contributed by atoms with Crippen LogP contribution in [0.5, 0.6) is 0 Å². The molecule has 3 nitrogen and oxygen atoms in total. The minimum Gasteiger partial charge on any atom is -0.330 e. The maximum absolute atomic E-state index is 11.5. The second kappa shape index (κ2) is 4.24. The number of rotatable bonds is 2. The fourth-order valence-corrected chi connectivity index (χ4v) is 2.70. The molecule has 2 N–H and O–H groups in total. The van der Waals surface area contributed by atoms with Crippen LogP contribution in [0.15, 0.2) is 23.1 Å². The number of fused-ring (bicyclic) bond motifs is 1. The number of hydrogen-bond donors (Lipinski definition) is 1. The van der Waals surface area contributed by atoms with Crippen LogP contribution in [0.3, 0.4) is 0 Å². The van der Waals surface area contributed by atoms with Gasteiger partial charge in [0.05, 0.1) is 11.4 Å². The molecular weight excluding hydrogens is 208 g/mol. The van der Waals surface area contributed by atoms with Crippen LogP contribution in [-0.2, 0) is 11.2 Å². The summed E-state index contributed by atoms with van der Waals surface area (Å²) in [4.78, 5) is 14.4. The highest BCUT2D eigenvalue weighted by atomic mass is 32.2. The van der Waals surface area contributed by atoms with Gasteiger partial charge >= 0.3 is 0 Å². The van der Waals surface area contributed by atoms with E-state index in [2.05, 4.69) is 6.07 Å². The third kappa shape index (κ3) is 2.01. The van der Waals surface area contributed by atoms with Crippen molar-refractivity contribution in [2.45, 2.75) is 11.3 Å². The standard InChI is InChI=1S/C11H14N2OS/c1-13-9-3-2-8(4-5-12)6-10(9)15-7-11(13)14/h2-3,6H,4-5,7,12H2,1H3. The van der Waals surface area contributed by atoms with Gasteiger partial charge in [0.2, 0.25) is 5.91 Å². The van der Waals surface area contributed by atoms with Gasteiger partial charge in [0, 0.05) is 11.9 Å². The van der Waals surface area contributed by atoms with Crippen molar-refractivity contribution in [1.29, 1.82) is 0 Å². The Morgan fingerprint density at radius 3 is 3.07 bits per heavy atom. The van der Waals surface area contributed by atoms with Crippen LogP contribution < -0.4 is 10.6 Å². The van der Waals surface area contributed by atoms with Crippen LogP contribution >= 0.6 is 11.8 Å². The topological polar surface area (TPSA) is 46.3 Å². The minimum atomic E-state index is 0.166. The predicted octanol–water partition coefficient (Wildman–Crippen LogP) is 1.26. The third-order valence-corrected chi connectivity index (χ3v) is 3.57.